The summed E-state index contributed by atoms with van der Waals surface area (Å²) in [5.41, 5.74) is 1.15. The van der Waals surface area contributed by atoms with Gasteiger partial charge in [-0.2, -0.15) is 10.2 Å². The number of nitrogens with one attached hydrogen (secondary N) is 1. The van der Waals surface area contributed by atoms with Crippen LogP contribution in [0.1, 0.15) is 46.1 Å². The summed E-state index contributed by atoms with van der Waals surface area (Å²) in [5, 5.41) is 11.8. The number of methoxy groups -OCH3 is 2. The fraction of sp³-hybridized carbons (Fsp3) is 0.268. The van der Waals surface area contributed by atoms with Crippen molar-refractivity contribution in [2.45, 2.75) is 36.9 Å². The molecule has 1 fully saturated rings. The molecule has 1 saturated heterocycles. The predicted octanol–water partition coefficient (Wildman–Crippen LogP) is 7.06. The number of carbonyl (C=O) groups is 1. The Labute approximate surface area is 324 Å². The highest BCUT2D eigenvalue weighted by Gasteiger charge is 2.44. The summed E-state index contributed by atoms with van der Waals surface area (Å²) in [7, 11) is 3.23. The molecule has 14 heteroatoms. The number of rotatable bonds is 16. The number of nitriles is 1. The fourth-order valence-corrected chi connectivity index (χ4v) is 8.18. The number of ether oxygens (including phenoxy) is 4. The van der Waals surface area contributed by atoms with Crippen molar-refractivity contribution in [1.29, 1.82) is 5.26 Å². The number of carbonyl (C=O) groups excluding carboxylic acids is 1. The minimum Gasteiger partial charge on any atom is -0.497 e. The molecule has 1 aliphatic heterocycles. The van der Waals surface area contributed by atoms with Gasteiger partial charge in [-0.15, -0.1) is 0 Å². The highest BCUT2D eigenvalue weighted by atomic mass is 32.5. The third kappa shape index (κ3) is 9.37. The third-order valence-corrected chi connectivity index (χ3v) is 11.0. The van der Waals surface area contributed by atoms with Crippen LogP contribution in [0.3, 0.4) is 0 Å². The molecule has 12 nitrogen and oxygen atoms in total. The van der Waals surface area contributed by atoms with Crippen LogP contribution in [0.15, 0.2) is 126 Å². The third-order valence-electron chi connectivity index (χ3n) is 9.10. The van der Waals surface area contributed by atoms with Crippen LogP contribution in [0.25, 0.3) is 0 Å². The first kappa shape index (κ1) is 39.5. The van der Waals surface area contributed by atoms with Gasteiger partial charge in [-0.05, 0) is 71.0 Å². The lowest BCUT2D eigenvalue weighted by molar-refractivity contribution is -0.0917. The van der Waals surface area contributed by atoms with E-state index in [0.29, 0.717) is 17.1 Å². The molecule has 0 saturated carbocycles. The standard InChI is InChI=1S/C41H41N4O8PS/c1-48-33-19-15-31(16-20-33)41(30-13-8-5-9-14-30,32-17-21-34(49-2)22-18-32)50-28-36-35(53-54(3,55)51-26-10-24-42)27-38(52-36)45-25-23-37(44-40(45)47)43-39(46)29-11-6-4-7-12-29/h4-9,11-23,25,35-36,38H,10,26-28H2,1-3H3,(H,43,44,46,47)/t35-,36+,38+,54?/m0/s1. The summed E-state index contributed by atoms with van der Waals surface area (Å²) in [6.45, 7) is -1.07. The molecule has 1 aromatic heterocycles. The molecular weight excluding hydrogens is 740 g/mol. The molecule has 0 radical (unpaired) electrons. The van der Waals surface area contributed by atoms with Crippen LogP contribution in [-0.4, -0.2) is 61.8 Å². The van der Waals surface area contributed by atoms with Crippen molar-refractivity contribution in [3.05, 3.63) is 154 Å². The second-order valence-corrected chi connectivity index (χ2v) is 16.7. The van der Waals surface area contributed by atoms with Gasteiger partial charge in [0.15, 0.2) is 6.49 Å². The van der Waals surface area contributed by atoms with Gasteiger partial charge in [-0.1, -0.05) is 72.8 Å². The van der Waals surface area contributed by atoms with Gasteiger partial charge in [0.1, 0.15) is 35.2 Å². The van der Waals surface area contributed by atoms with Crippen molar-refractivity contribution in [1.82, 2.24) is 9.55 Å². The average Bonchev–Trinajstić information content (AvgIpc) is 3.60. The quantitative estimate of drug-likeness (QED) is 0.0625. The molecule has 2 heterocycles. The molecule has 4 aromatic carbocycles. The molecule has 1 aliphatic rings. The zero-order valence-electron chi connectivity index (χ0n) is 30.6. The van der Waals surface area contributed by atoms with E-state index in [1.54, 1.807) is 45.1 Å². The van der Waals surface area contributed by atoms with Crippen molar-refractivity contribution in [2.75, 3.05) is 39.4 Å². The Bertz CT molecular complexity index is 2150. The zero-order chi connectivity index (χ0) is 38.8. The number of aromatic nitrogens is 2. The molecule has 4 atom stereocenters. The molecule has 1 N–H and O–H groups in total. The van der Waals surface area contributed by atoms with E-state index in [4.69, 9.17) is 45.1 Å². The SMILES string of the molecule is COc1ccc(C(OC[C@H]2O[C@@H](n3ccc(NC(=O)c4ccccc4)nc3=O)C[C@@H]2OP(C)(=S)OCCC#N)(c2ccccc2)c2ccc(OC)cc2)cc1. The van der Waals surface area contributed by atoms with Gasteiger partial charge in [0.05, 0.1) is 46.0 Å². The van der Waals surface area contributed by atoms with Crippen molar-refractivity contribution in [3.8, 4) is 17.6 Å². The Morgan fingerprint density at radius 3 is 2.07 bits per heavy atom. The van der Waals surface area contributed by atoms with E-state index in [-0.39, 0.29) is 31.9 Å². The van der Waals surface area contributed by atoms with Gasteiger partial charge in [-0.3, -0.25) is 9.36 Å². The fourth-order valence-electron chi connectivity index (χ4n) is 6.43. The van der Waals surface area contributed by atoms with E-state index in [1.807, 2.05) is 84.9 Å². The first-order valence-corrected chi connectivity index (χ1v) is 20.6. The van der Waals surface area contributed by atoms with Crippen LogP contribution in [-0.2, 0) is 35.9 Å². The van der Waals surface area contributed by atoms with Crippen molar-refractivity contribution in [2.24, 2.45) is 0 Å². The Morgan fingerprint density at radius 2 is 1.51 bits per heavy atom. The van der Waals surface area contributed by atoms with Crippen LogP contribution in [0.4, 0.5) is 5.82 Å². The molecule has 0 bridgehead atoms. The molecular formula is C41H41N4O8PS. The van der Waals surface area contributed by atoms with Gasteiger partial charge < -0.3 is 33.3 Å². The minimum absolute atomic E-state index is 0.00492. The molecule has 1 amide bonds. The summed E-state index contributed by atoms with van der Waals surface area (Å²) >= 11 is 5.78. The summed E-state index contributed by atoms with van der Waals surface area (Å²) < 4.78 is 38.4. The van der Waals surface area contributed by atoms with Crippen LogP contribution in [0.5, 0.6) is 11.5 Å². The van der Waals surface area contributed by atoms with Gasteiger partial charge in [0.2, 0.25) is 0 Å². The van der Waals surface area contributed by atoms with Crippen molar-refractivity contribution >= 4 is 30.0 Å². The maximum absolute atomic E-state index is 13.5. The molecule has 5 aromatic rings. The number of hydrogen-bond donors (Lipinski definition) is 1. The van der Waals surface area contributed by atoms with Crippen LogP contribution < -0.4 is 20.5 Å². The molecule has 1 unspecified atom stereocenters. The summed E-state index contributed by atoms with van der Waals surface area (Å²) in [5.74, 6) is 1.08. The topological polar surface area (TPSA) is 143 Å². The van der Waals surface area contributed by atoms with E-state index in [0.717, 1.165) is 16.7 Å². The number of hydrogen-bond acceptors (Lipinski definition) is 11. The maximum atomic E-state index is 13.5. The van der Waals surface area contributed by atoms with E-state index in [2.05, 4.69) is 16.4 Å². The average molecular weight is 781 g/mol. The van der Waals surface area contributed by atoms with Gasteiger partial charge in [0.25, 0.3) is 5.91 Å². The zero-order valence-corrected chi connectivity index (χ0v) is 32.3. The number of amides is 1. The monoisotopic (exact) mass is 780 g/mol. The molecule has 284 valence electrons. The molecule has 0 aliphatic carbocycles. The number of benzene rings is 4. The Morgan fingerprint density at radius 1 is 0.927 bits per heavy atom. The number of nitrogens with zero attached hydrogens (tertiary/aromatic N) is 3. The second kappa shape index (κ2) is 18.0. The smallest absolute Gasteiger partial charge is 0.351 e. The Balaban J connectivity index is 1.34. The lowest BCUT2D eigenvalue weighted by Crippen LogP contribution is -2.38. The Kier molecular flexibility index (Phi) is 12.9. The molecule has 55 heavy (non-hydrogen) atoms. The molecule has 6 rings (SSSR count). The number of anilines is 1. The summed E-state index contributed by atoms with van der Waals surface area (Å²) in [6.07, 6.45) is -0.343. The lowest BCUT2D eigenvalue weighted by atomic mass is 9.80. The lowest BCUT2D eigenvalue weighted by Gasteiger charge is -2.37. The van der Waals surface area contributed by atoms with Crippen LogP contribution in [0, 0.1) is 11.3 Å². The van der Waals surface area contributed by atoms with Crippen molar-refractivity contribution in [3.63, 3.8) is 0 Å². The van der Waals surface area contributed by atoms with Gasteiger partial charge in [0, 0.05) is 24.8 Å². The van der Waals surface area contributed by atoms with Crippen LogP contribution in [0.2, 0.25) is 0 Å². The first-order valence-electron chi connectivity index (χ1n) is 17.5. The van der Waals surface area contributed by atoms with E-state index in [9.17, 15) is 9.59 Å². The largest absolute Gasteiger partial charge is 0.497 e. The van der Waals surface area contributed by atoms with Crippen LogP contribution >= 0.6 is 6.49 Å². The highest BCUT2D eigenvalue weighted by molar-refractivity contribution is 8.09. The summed E-state index contributed by atoms with van der Waals surface area (Å²) in [6, 6.07) is 37.4. The van der Waals surface area contributed by atoms with Crippen molar-refractivity contribution < 1.29 is 32.8 Å². The first-order chi connectivity index (χ1) is 26.7. The normalized spacial score (nSPS) is 17.8. The summed E-state index contributed by atoms with van der Waals surface area (Å²) in [4.78, 5) is 30.3. The maximum Gasteiger partial charge on any atom is 0.351 e. The van der Waals surface area contributed by atoms with E-state index in [1.165, 1.54) is 16.8 Å². The highest BCUT2D eigenvalue weighted by Crippen LogP contribution is 2.50. The Hall–Kier alpha value is -5.19. The predicted molar refractivity (Wildman–Crippen MR) is 211 cm³/mol. The van der Waals surface area contributed by atoms with E-state index < -0.39 is 42.1 Å². The van der Waals surface area contributed by atoms with E-state index >= 15 is 0 Å². The minimum atomic E-state index is -2.88. The second-order valence-electron chi connectivity index (χ2n) is 12.7. The van der Waals surface area contributed by atoms with Gasteiger partial charge in [-0.25, -0.2) is 4.79 Å². The molecule has 0 spiro atoms. The van der Waals surface area contributed by atoms with Gasteiger partial charge >= 0.3 is 5.69 Å².